The van der Waals surface area contributed by atoms with E-state index in [-0.39, 0.29) is 0 Å². The van der Waals surface area contributed by atoms with E-state index in [9.17, 15) is 5.11 Å². The highest BCUT2D eigenvalue weighted by Gasteiger charge is 2.05. The summed E-state index contributed by atoms with van der Waals surface area (Å²) in [7, 11) is 0. The van der Waals surface area contributed by atoms with Crippen LogP contribution in [0, 0.1) is 6.92 Å². The van der Waals surface area contributed by atoms with E-state index in [1.165, 1.54) is 5.56 Å². The molecule has 3 aromatic rings. The molecule has 0 fully saturated rings. The Kier molecular flexibility index (Phi) is 3.88. The van der Waals surface area contributed by atoms with Crippen LogP contribution in [0.25, 0.3) is 11.3 Å². The quantitative estimate of drug-likeness (QED) is 0.748. The van der Waals surface area contributed by atoms with Crippen molar-refractivity contribution in [3.63, 3.8) is 0 Å². The van der Waals surface area contributed by atoms with Gasteiger partial charge >= 0.3 is 0 Å². The summed E-state index contributed by atoms with van der Waals surface area (Å²) < 4.78 is 0. The molecule has 0 saturated heterocycles. The predicted molar refractivity (Wildman–Crippen MR) is 87.7 cm³/mol. The maximum absolute atomic E-state index is 9.74. The molecule has 0 atom stereocenters. The summed E-state index contributed by atoms with van der Waals surface area (Å²) in [5.41, 5.74) is 4.20. The monoisotopic (exact) mass is 296 g/mol. The van der Waals surface area contributed by atoms with Crippen molar-refractivity contribution < 1.29 is 5.11 Å². The zero-order chi connectivity index (χ0) is 14.7. The standard InChI is InChI=1S/C17H16N2OS/c1-12-6-8-13(9-7-12)15-11-21-17(19-15)18-10-14-4-2-3-5-16(14)20/h2-9,11,20H,10H2,1H3,(H,18,19). The lowest BCUT2D eigenvalue weighted by molar-refractivity contribution is 0.469. The molecule has 0 bridgehead atoms. The number of para-hydroxylation sites is 1. The minimum Gasteiger partial charge on any atom is -0.508 e. The maximum atomic E-state index is 9.74. The third kappa shape index (κ3) is 3.23. The predicted octanol–water partition coefficient (Wildman–Crippen LogP) is 4.44. The largest absolute Gasteiger partial charge is 0.508 e. The molecule has 0 aliphatic heterocycles. The van der Waals surface area contributed by atoms with Gasteiger partial charge in [0.05, 0.1) is 5.69 Å². The van der Waals surface area contributed by atoms with Crippen molar-refractivity contribution in [2.24, 2.45) is 0 Å². The van der Waals surface area contributed by atoms with Gasteiger partial charge in [-0.15, -0.1) is 11.3 Å². The maximum Gasteiger partial charge on any atom is 0.183 e. The number of anilines is 1. The molecular weight excluding hydrogens is 280 g/mol. The summed E-state index contributed by atoms with van der Waals surface area (Å²) in [4.78, 5) is 4.58. The molecule has 0 spiro atoms. The van der Waals surface area contributed by atoms with Gasteiger partial charge in [-0.3, -0.25) is 0 Å². The fraction of sp³-hybridized carbons (Fsp3) is 0.118. The molecule has 0 unspecified atom stereocenters. The fourth-order valence-corrected chi connectivity index (χ4v) is 2.76. The molecule has 1 aromatic heterocycles. The highest BCUT2D eigenvalue weighted by Crippen LogP contribution is 2.26. The molecule has 0 aliphatic rings. The second-order valence-electron chi connectivity index (χ2n) is 4.89. The highest BCUT2D eigenvalue weighted by atomic mass is 32.1. The first-order valence-electron chi connectivity index (χ1n) is 6.76. The van der Waals surface area contributed by atoms with Crippen LogP contribution in [-0.2, 0) is 6.54 Å². The normalized spacial score (nSPS) is 10.5. The van der Waals surface area contributed by atoms with Crippen molar-refractivity contribution in [2.75, 3.05) is 5.32 Å². The van der Waals surface area contributed by atoms with E-state index in [0.29, 0.717) is 12.3 Å². The van der Waals surface area contributed by atoms with E-state index in [1.807, 2.05) is 23.6 Å². The van der Waals surface area contributed by atoms with E-state index in [0.717, 1.165) is 22.0 Å². The summed E-state index contributed by atoms with van der Waals surface area (Å²) in [6, 6.07) is 15.7. The van der Waals surface area contributed by atoms with Gasteiger partial charge in [0.25, 0.3) is 0 Å². The van der Waals surface area contributed by atoms with Gasteiger partial charge in [-0.25, -0.2) is 4.98 Å². The van der Waals surface area contributed by atoms with Crippen molar-refractivity contribution in [2.45, 2.75) is 13.5 Å². The van der Waals surface area contributed by atoms with Crippen LogP contribution in [0.5, 0.6) is 5.75 Å². The van der Waals surface area contributed by atoms with Gasteiger partial charge < -0.3 is 10.4 Å². The van der Waals surface area contributed by atoms with Crippen LogP contribution < -0.4 is 5.32 Å². The molecule has 3 rings (SSSR count). The lowest BCUT2D eigenvalue weighted by atomic mass is 10.1. The van der Waals surface area contributed by atoms with Crippen molar-refractivity contribution in [3.05, 3.63) is 65.0 Å². The number of phenols is 1. The average molecular weight is 296 g/mol. The van der Waals surface area contributed by atoms with Crippen molar-refractivity contribution in [1.29, 1.82) is 0 Å². The summed E-state index contributed by atoms with van der Waals surface area (Å²) in [6.07, 6.45) is 0. The van der Waals surface area contributed by atoms with Crippen LogP contribution in [0.1, 0.15) is 11.1 Å². The number of thiazole rings is 1. The van der Waals surface area contributed by atoms with Crippen LogP contribution in [-0.4, -0.2) is 10.1 Å². The van der Waals surface area contributed by atoms with Gasteiger partial charge in [-0.1, -0.05) is 48.0 Å². The van der Waals surface area contributed by atoms with Gasteiger partial charge in [-0.2, -0.15) is 0 Å². The number of rotatable bonds is 4. The number of hydrogen-bond donors (Lipinski definition) is 2. The Morgan fingerprint density at radius 2 is 1.86 bits per heavy atom. The van der Waals surface area contributed by atoms with Crippen LogP contribution >= 0.6 is 11.3 Å². The number of aromatic hydroxyl groups is 1. The number of benzene rings is 2. The number of phenolic OH excluding ortho intramolecular Hbond substituents is 1. The second-order valence-corrected chi connectivity index (χ2v) is 5.74. The van der Waals surface area contributed by atoms with Crippen LogP contribution in [0.2, 0.25) is 0 Å². The van der Waals surface area contributed by atoms with Gasteiger partial charge in [0.15, 0.2) is 5.13 Å². The van der Waals surface area contributed by atoms with Crippen molar-refractivity contribution in [3.8, 4) is 17.0 Å². The van der Waals surface area contributed by atoms with Gasteiger partial charge in [0, 0.05) is 23.1 Å². The first-order chi connectivity index (χ1) is 10.2. The Hall–Kier alpha value is -2.33. The average Bonchev–Trinajstić information content (AvgIpc) is 2.96. The first-order valence-corrected chi connectivity index (χ1v) is 7.63. The minimum atomic E-state index is 0.306. The van der Waals surface area contributed by atoms with Gasteiger partial charge in [0.2, 0.25) is 0 Å². The topological polar surface area (TPSA) is 45.1 Å². The smallest absolute Gasteiger partial charge is 0.183 e. The summed E-state index contributed by atoms with van der Waals surface area (Å²) in [6.45, 7) is 2.64. The Morgan fingerprint density at radius 1 is 1.10 bits per heavy atom. The third-order valence-electron chi connectivity index (χ3n) is 3.27. The SMILES string of the molecule is Cc1ccc(-c2csc(NCc3ccccc3O)n2)cc1. The third-order valence-corrected chi connectivity index (χ3v) is 4.07. The Balaban J connectivity index is 1.71. The van der Waals surface area contributed by atoms with Crippen molar-refractivity contribution >= 4 is 16.5 Å². The van der Waals surface area contributed by atoms with E-state index in [1.54, 1.807) is 17.4 Å². The fourth-order valence-electron chi connectivity index (χ4n) is 2.04. The molecule has 4 heteroatoms. The van der Waals surface area contributed by atoms with Gasteiger partial charge in [-0.05, 0) is 13.0 Å². The second kappa shape index (κ2) is 5.97. The van der Waals surface area contributed by atoms with E-state index < -0.39 is 0 Å². The van der Waals surface area contributed by atoms with Gasteiger partial charge in [0.1, 0.15) is 5.75 Å². The molecule has 0 saturated carbocycles. The molecule has 0 amide bonds. The zero-order valence-corrected chi connectivity index (χ0v) is 12.5. The molecule has 0 aliphatic carbocycles. The number of aromatic nitrogens is 1. The van der Waals surface area contributed by atoms with Crippen LogP contribution in [0.4, 0.5) is 5.13 Å². The molecular formula is C17H16N2OS. The highest BCUT2D eigenvalue weighted by molar-refractivity contribution is 7.14. The molecule has 2 N–H and O–H groups in total. The lowest BCUT2D eigenvalue weighted by Gasteiger charge is -2.04. The Bertz CT molecular complexity index is 735. The van der Waals surface area contributed by atoms with Crippen LogP contribution in [0.3, 0.4) is 0 Å². The molecule has 2 aromatic carbocycles. The molecule has 21 heavy (non-hydrogen) atoms. The van der Waals surface area contributed by atoms with E-state index in [4.69, 9.17) is 0 Å². The number of hydrogen-bond acceptors (Lipinski definition) is 4. The summed E-state index contributed by atoms with van der Waals surface area (Å²) in [5, 5.41) is 15.9. The summed E-state index contributed by atoms with van der Waals surface area (Å²) >= 11 is 1.57. The molecule has 106 valence electrons. The Labute approximate surface area is 127 Å². The molecule has 1 heterocycles. The summed E-state index contributed by atoms with van der Waals surface area (Å²) in [5.74, 6) is 0.306. The molecule has 0 radical (unpaired) electrons. The lowest BCUT2D eigenvalue weighted by Crippen LogP contribution is -1.99. The Morgan fingerprint density at radius 3 is 2.62 bits per heavy atom. The van der Waals surface area contributed by atoms with E-state index >= 15 is 0 Å². The zero-order valence-electron chi connectivity index (χ0n) is 11.7. The minimum absolute atomic E-state index is 0.306. The van der Waals surface area contributed by atoms with Crippen LogP contribution in [0.15, 0.2) is 53.9 Å². The number of aryl methyl sites for hydroxylation is 1. The van der Waals surface area contributed by atoms with E-state index in [2.05, 4.69) is 41.5 Å². The first kappa shape index (κ1) is 13.6. The number of nitrogens with zero attached hydrogens (tertiary/aromatic N) is 1. The number of nitrogens with one attached hydrogen (secondary N) is 1. The molecule has 3 nitrogen and oxygen atoms in total. The van der Waals surface area contributed by atoms with Crippen molar-refractivity contribution in [1.82, 2.24) is 4.98 Å².